The summed E-state index contributed by atoms with van der Waals surface area (Å²) in [7, 11) is 0. The SMILES string of the molecule is CC(C)(O)CN1CCN(c2ccc(C3=CC4N=CC=NC4=C(NCC4CNCCO4)N3)cc2)CC1. The Morgan fingerprint density at radius 2 is 1.94 bits per heavy atom. The molecule has 4 aliphatic heterocycles. The molecule has 35 heavy (non-hydrogen) atoms. The first-order valence-corrected chi connectivity index (χ1v) is 12.6. The van der Waals surface area contributed by atoms with Crippen LogP contribution in [0.3, 0.4) is 0 Å². The quantitative estimate of drug-likeness (QED) is 0.459. The van der Waals surface area contributed by atoms with Gasteiger partial charge in [-0.3, -0.25) is 14.9 Å². The van der Waals surface area contributed by atoms with Crippen LogP contribution in [0.5, 0.6) is 0 Å². The van der Waals surface area contributed by atoms with Crippen LogP contribution >= 0.6 is 0 Å². The molecule has 188 valence electrons. The third-order valence-electron chi connectivity index (χ3n) is 6.68. The fourth-order valence-electron chi connectivity index (χ4n) is 4.96. The third-order valence-corrected chi connectivity index (χ3v) is 6.68. The van der Waals surface area contributed by atoms with E-state index in [0.29, 0.717) is 13.1 Å². The molecule has 0 radical (unpaired) electrons. The molecule has 9 nitrogen and oxygen atoms in total. The van der Waals surface area contributed by atoms with Crippen LogP contribution in [0.4, 0.5) is 5.69 Å². The molecule has 4 N–H and O–H groups in total. The smallest absolute Gasteiger partial charge is 0.128 e. The maximum atomic E-state index is 10.1. The molecule has 2 fully saturated rings. The molecule has 4 heterocycles. The zero-order chi connectivity index (χ0) is 24.3. The number of benzene rings is 1. The van der Waals surface area contributed by atoms with E-state index in [9.17, 15) is 5.11 Å². The fraction of sp³-hybridized carbons (Fsp3) is 0.538. The number of nitrogens with one attached hydrogen (secondary N) is 3. The summed E-state index contributed by atoms with van der Waals surface area (Å²) in [6.45, 7) is 11.5. The number of aliphatic hydroxyl groups is 1. The van der Waals surface area contributed by atoms with Crippen molar-refractivity contribution >= 4 is 23.8 Å². The van der Waals surface area contributed by atoms with Gasteiger partial charge in [-0.2, -0.15) is 0 Å². The van der Waals surface area contributed by atoms with Gasteiger partial charge in [-0.25, -0.2) is 0 Å². The van der Waals surface area contributed by atoms with Crippen molar-refractivity contribution in [3.8, 4) is 0 Å². The maximum absolute atomic E-state index is 10.1. The van der Waals surface area contributed by atoms with E-state index in [0.717, 1.165) is 68.7 Å². The van der Waals surface area contributed by atoms with Crippen molar-refractivity contribution in [3.63, 3.8) is 0 Å². The highest BCUT2D eigenvalue weighted by Gasteiger charge is 2.26. The summed E-state index contributed by atoms with van der Waals surface area (Å²) in [5.41, 5.74) is 3.62. The summed E-state index contributed by atoms with van der Waals surface area (Å²) < 4.78 is 5.84. The van der Waals surface area contributed by atoms with Gasteiger partial charge in [0, 0.05) is 76.2 Å². The minimum Gasteiger partial charge on any atom is -0.389 e. The van der Waals surface area contributed by atoms with Crippen molar-refractivity contribution < 1.29 is 9.84 Å². The van der Waals surface area contributed by atoms with Gasteiger partial charge in [0.05, 0.1) is 18.3 Å². The number of hydrogen-bond donors (Lipinski definition) is 4. The van der Waals surface area contributed by atoms with Crippen molar-refractivity contribution in [3.05, 3.63) is 47.4 Å². The number of aliphatic imine (C=N–C) groups is 2. The molecule has 2 atom stereocenters. The summed E-state index contributed by atoms with van der Waals surface area (Å²) in [6, 6.07) is 8.63. The summed E-state index contributed by atoms with van der Waals surface area (Å²) >= 11 is 0. The first kappa shape index (κ1) is 24.0. The van der Waals surface area contributed by atoms with Crippen LogP contribution in [0.2, 0.25) is 0 Å². The second-order valence-corrected chi connectivity index (χ2v) is 10.2. The Kier molecular flexibility index (Phi) is 7.19. The highest BCUT2D eigenvalue weighted by atomic mass is 16.5. The number of piperazine rings is 1. The monoisotopic (exact) mass is 479 g/mol. The van der Waals surface area contributed by atoms with E-state index in [1.54, 1.807) is 12.4 Å². The minimum absolute atomic E-state index is 0.104. The van der Waals surface area contributed by atoms with Gasteiger partial charge >= 0.3 is 0 Å². The fourth-order valence-corrected chi connectivity index (χ4v) is 4.96. The normalized spacial score (nSPS) is 25.2. The summed E-state index contributed by atoms with van der Waals surface area (Å²) in [6.07, 6.45) is 5.77. The van der Waals surface area contributed by atoms with Crippen molar-refractivity contribution in [1.82, 2.24) is 20.9 Å². The molecule has 9 heteroatoms. The van der Waals surface area contributed by atoms with Gasteiger partial charge in [-0.05, 0) is 37.6 Å². The Labute approximate surface area is 207 Å². The van der Waals surface area contributed by atoms with Crippen LogP contribution in [-0.2, 0) is 4.74 Å². The average Bonchev–Trinajstić information content (AvgIpc) is 2.87. The van der Waals surface area contributed by atoms with Crippen LogP contribution in [0.15, 0.2) is 51.8 Å². The molecule has 1 aromatic carbocycles. The van der Waals surface area contributed by atoms with Crippen molar-refractivity contribution in [2.45, 2.75) is 31.6 Å². The lowest BCUT2D eigenvalue weighted by Crippen LogP contribution is -2.50. The average molecular weight is 480 g/mol. The first-order chi connectivity index (χ1) is 16.9. The van der Waals surface area contributed by atoms with Crippen LogP contribution in [0, 0.1) is 0 Å². The lowest BCUT2D eigenvalue weighted by molar-refractivity contribution is 0.0304. The van der Waals surface area contributed by atoms with Gasteiger partial charge in [0.1, 0.15) is 17.6 Å². The molecule has 2 saturated heterocycles. The summed E-state index contributed by atoms with van der Waals surface area (Å²) in [4.78, 5) is 14.0. The highest BCUT2D eigenvalue weighted by Crippen LogP contribution is 2.27. The maximum Gasteiger partial charge on any atom is 0.128 e. The van der Waals surface area contributed by atoms with Gasteiger partial charge in [-0.1, -0.05) is 12.1 Å². The molecule has 0 amide bonds. The number of nitrogens with zero attached hydrogens (tertiary/aromatic N) is 4. The number of rotatable bonds is 7. The van der Waals surface area contributed by atoms with Crippen LogP contribution in [-0.4, -0.2) is 99.1 Å². The van der Waals surface area contributed by atoms with Gasteiger partial charge < -0.3 is 30.7 Å². The van der Waals surface area contributed by atoms with Crippen molar-refractivity contribution in [2.24, 2.45) is 9.98 Å². The predicted octanol–water partition coefficient (Wildman–Crippen LogP) is 0.795. The summed E-state index contributed by atoms with van der Waals surface area (Å²) in [5, 5.41) is 20.5. The lowest BCUT2D eigenvalue weighted by Gasteiger charge is -2.38. The number of dihydropyridines is 1. The van der Waals surface area contributed by atoms with Crippen LogP contribution in [0.1, 0.15) is 19.4 Å². The molecule has 1 aromatic rings. The topological polar surface area (TPSA) is 96.8 Å². The van der Waals surface area contributed by atoms with Crippen molar-refractivity contribution in [1.29, 1.82) is 0 Å². The molecule has 0 spiro atoms. The summed E-state index contributed by atoms with van der Waals surface area (Å²) in [5.74, 6) is 0.891. The molecule has 0 aromatic heterocycles. The Balaban J connectivity index is 1.23. The van der Waals surface area contributed by atoms with Gasteiger partial charge in [0.25, 0.3) is 0 Å². The third kappa shape index (κ3) is 6.10. The largest absolute Gasteiger partial charge is 0.389 e. The molecule has 5 rings (SSSR count). The van der Waals surface area contributed by atoms with E-state index >= 15 is 0 Å². The standard InChI is InChI=1S/C26H37N7O2/c1-26(2,34)18-32-10-12-33(13-11-32)20-5-3-19(4-6-20)22-15-23-24(29-8-7-28-23)25(31-22)30-17-21-16-27-9-14-35-21/h3-8,15,21,23,27,30-31,34H,9-14,16-18H2,1-2H3. The number of morpholine rings is 1. The van der Waals surface area contributed by atoms with E-state index in [1.165, 1.54) is 5.69 Å². The second kappa shape index (κ2) is 10.5. The Bertz CT molecular complexity index is 996. The van der Waals surface area contributed by atoms with Gasteiger partial charge in [0.2, 0.25) is 0 Å². The molecule has 0 aliphatic carbocycles. The van der Waals surface area contributed by atoms with Crippen molar-refractivity contribution in [2.75, 3.05) is 63.9 Å². The Hall–Kier alpha value is -2.72. The van der Waals surface area contributed by atoms with E-state index in [-0.39, 0.29) is 12.1 Å². The lowest BCUT2D eigenvalue weighted by atomic mass is 10.0. The molecule has 2 unspecified atom stereocenters. The molecular formula is C26H37N7O2. The zero-order valence-electron chi connectivity index (χ0n) is 20.7. The molecule has 0 saturated carbocycles. The van der Waals surface area contributed by atoms with E-state index < -0.39 is 5.60 Å². The van der Waals surface area contributed by atoms with Gasteiger partial charge in [-0.15, -0.1) is 0 Å². The Morgan fingerprint density at radius 3 is 2.66 bits per heavy atom. The molecular weight excluding hydrogens is 442 g/mol. The van der Waals surface area contributed by atoms with E-state index in [2.05, 4.69) is 66.1 Å². The highest BCUT2D eigenvalue weighted by molar-refractivity contribution is 6.17. The minimum atomic E-state index is -0.652. The predicted molar refractivity (Wildman–Crippen MR) is 141 cm³/mol. The van der Waals surface area contributed by atoms with E-state index in [1.807, 2.05) is 13.8 Å². The first-order valence-electron chi connectivity index (χ1n) is 12.6. The molecule has 4 aliphatic rings. The van der Waals surface area contributed by atoms with Gasteiger partial charge in [0.15, 0.2) is 0 Å². The number of ether oxygens (including phenoxy) is 1. The molecule has 0 bridgehead atoms. The number of hydrogen-bond acceptors (Lipinski definition) is 9. The number of fused-ring (bicyclic) bond motifs is 1. The number of anilines is 1. The zero-order valence-corrected chi connectivity index (χ0v) is 20.7. The number of β-amino-alcohol motifs (C(OH)–C–C–N with tert-alkyl or cyclic N) is 1. The second-order valence-electron chi connectivity index (χ2n) is 10.2. The Morgan fingerprint density at radius 1 is 1.14 bits per heavy atom. The van der Waals surface area contributed by atoms with E-state index in [4.69, 9.17) is 4.74 Å². The van der Waals surface area contributed by atoms with Crippen LogP contribution < -0.4 is 20.9 Å². The van der Waals surface area contributed by atoms with Crippen LogP contribution in [0.25, 0.3) is 5.70 Å².